The Morgan fingerprint density at radius 3 is 2.41 bits per heavy atom. The molecule has 0 aromatic heterocycles. The molecule has 1 fully saturated rings. The molecular weight excluding hydrogens is 456 g/mol. The summed E-state index contributed by atoms with van der Waals surface area (Å²) >= 11 is 0. The quantitative estimate of drug-likeness (QED) is 0.368. The SMILES string of the molecule is N#CC(C#N)=C1C(=O)N(COC(=O)C2CCCCN2S(=O)(=O)c2ccccc2)c2ccccc21. The van der Waals surface area contributed by atoms with Crippen molar-refractivity contribution in [3.8, 4) is 12.1 Å². The number of amides is 1. The Bertz CT molecular complexity index is 1340. The van der Waals surface area contributed by atoms with Gasteiger partial charge < -0.3 is 4.74 Å². The number of nitriles is 2. The van der Waals surface area contributed by atoms with Crippen LogP contribution in [0, 0.1) is 22.7 Å². The Hall–Kier alpha value is -3.99. The van der Waals surface area contributed by atoms with Gasteiger partial charge in [0.2, 0.25) is 10.0 Å². The molecule has 172 valence electrons. The average Bonchev–Trinajstić information content (AvgIpc) is 3.15. The van der Waals surface area contributed by atoms with E-state index in [9.17, 15) is 28.5 Å². The summed E-state index contributed by atoms with van der Waals surface area (Å²) in [4.78, 5) is 27.2. The number of benzene rings is 2. The second kappa shape index (κ2) is 9.48. The van der Waals surface area contributed by atoms with Crippen LogP contribution in [0.3, 0.4) is 0 Å². The van der Waals surface area contributed by atoms with Crippen LogP contribution in [0.2, 0.25) is 0 Å². The van der Waals surface area contributed by atoms with Crippen molar-refractivity contribution in [1.82, 2.24) is 4.31 Å². The maximum absolute atomic E-state index is 13.1. The summed E-state index contributed by atoms with van der Waals surface area (Å²) in [5, 5.41) is 18.5. The zero-order valence-corrected chi connectivity index (χ0v) is 18.9. The van der Waals surface area contributed by atoms with Crippen LogP contribution in [0.1, 0.15) is 24.8 Å². The van der Waals surface area contributed by atoms with Crippen molar-refractivity contribution in [2.75, 3.05) is 18.2 Å². The average molecular weight is 477 g/mol. The van der Waals surface area contributed by atoms with E-state index < -0.39 is 34.7 Å². The van der Waals surface area contributed by atoms with Gasteiger partial charge >= 0.3 is 5.97 Å². The molecule has 0 spiro atoms. The van der Waals surface area contributed by atoms with Crippen LogP contribution in [0.15, 0.2) is 65.1 Å². The first kappa shape index (κ1) is 23.2. The van der Waals surface area contributed by atoms with Gasteiger partial charge in [-0.1, -0.05) is 36.4 Å². The lowest BCUT2D eigenvalue weighted by molar-refractivity contribution is -0.149. The predicted molar refractivity (Wildman–Crippen MR) is 121 cm³/mol. The van der Waals surface area contributed by atoms with E-state index in [0.29, 0.717) is 30.5 Å². The van der Waals surface area contributed by atoms with Gasteiger partial charge in [0.05, 0.1) is 16.2 Å². The molecule has 1 saturated heterocycles. The Kier molecular flexibility index (Phi) is 6.46. The molecule has 34 heavy (non-hydrogen) atoms. The van der Waals surface area contributed by atoms with Crippen LogP contribution < -0.4 is 4.90 Å². The highest BCUT2D eigenvalue weighted by molar-refractivity contribution is 7.89. The van der Waals surface area contributed by atoms with E-state index in [1.165, 1.54) is 12.1 Å². The van der Waals surface area contributed by atoms with Gasteiger partial charge in [0.25, 0.3) is 5.91 Å². The molecule has 2 aliphatic rings. The van der Waals surface area contributed by atoms with Crippen molar-refractivity contribution in [2.24, 2.45) is 0 Å². The van der Waals surface area contributed by atoms with Gasteiger partial charge in [-0.05, 0) is 37.5 Å². The first-order valence-corrected chi connectivity index (χ1v) is 12.0. The van der Waals surface area contributed by atoms with Gasteiger partial charge in [-0.25, -0.2) is 8.42 Å². The molecule has 2 aromatic carbocycles. The van der Waals surface area contributed by atoms with Crippen molar-refractivity contribution < 1.29 is 22.7 Å². The first-order valence-electron chi connectivity index (χ1n) is 10.6. The maximum Gasteiger partial charge on any atom is 0.326 e. The monoisotopic (exact) mass is 476 g/mol. The first-order chi connectivity index (χ1) is 16.4. The summed E-state index contributed by atoms with van der Waals surface area (Å²) in [6.07, 6.45) is 1.58. The molecule has 0 radical (unpaired) electrons. The minimum Gasteiger partial charge on any atom is -0.443 e. The summed E-state index contributed by atoms with van der Waals surface area (Å²) in [5.74, 6) is -1.40. The molecule has 1 unspecified atom stereocenters. The van der Waals surface area contributed by atoms with Crippen molar-refractivity contribution in [3.63, 3.8) is 0 Å². The Morgan fingerprint density at radius 2 is 1.71 bits per heavy atom. The lowest BCUT2D eigenvalue weighted by atomic mass is 10.0. The zero-order valence-electron chi connectivity index (χ0n) is 18.0. The van der Waals surface area contributed by atoms with Gasteiger partial charge in [0.1, 0.15) is 23.8 Å². The molecule has 1 amide bonds. The van der Waals surface area contributed by atoms with Crippen LogP contribution in [0.5, 0.6) is 0 Å². The van der Waals surface area contributed by atoms with Gasteiger partial charge in [-0.2, -0.15) is 14.8 Å². The molecule has 0 aliphatic carbocycles. The van der Waals surface area contributed by atoms with Crippen molar-refractivity contribution in [2.45, 2.75) is 30.2 Å². The summed E-state index contributed by atoms with van der Waals surface area (Å²) in [6, 6.07) is 16.9. The summed E-state index contributed by atoms with van der Waals surface area (Å²) in [5.41, 5.74) is 0.407. The summed E-state index contributed by atoms with van der Waals surface area (Å²) < 4.78 is 32.9. The number of ether oxygens (including phenoxy) is 1. The number of nitrogens with zero attached hydrogens (tertiary/aromatic N) is 4. The van der Waals surface area contributed by atoms with Crippen LogP contribution in [0.25, 0.3) is 5.57 Å². The molecule has 0 bridgehead atoms. The zero-order chi connectivity index (χ0) is 24.3. The second-order valence-corrected chi connectivity index (χ2v) is 9.65. The van der Waals surface area contributed by atoms with E-state index in [2.05, 4.69) is 0 Å². The molecular formula is C24H20N4O5S. The smallest absolute Gasteiger partial charge is 0.326 e. The molecule has 1 atom stereocenters. The fraction of sp³-hybridized carbons (Fsp3) is 0.250. The highest BCUT2D eigenvalue weighted by Crippen LogP contribution is 2.38. The predicted octanol–water partition coefficient (Wildman–Crippen LogP) is 2.58. The van der Waals surface area contributed by atoms with E-state index in [1.54, 1.807) is 54.6 Å². The number of carbonyl (C=O) groups excluding carboxylic acids is 2. The van der Waals surface area contributed by atoms with Gasteiger partial charge in [-0.3, -0.25) is 14.5 Å². The number of fused-ring (bicyclic) bond motifs is 1. The minimum absolute atomic E-state index is 0.0532. The second-order valence-electron chi connectivity index (χ2n) is 7.76. The highest BCUT2D eigenvalue weighted by atomic mass is 32.2. The number of carbonyl (C=O) groups is 2. The van der Waals surface area contributed by atoms with Crippen molar-refractivity contribution >= 4 is 33.2 Å². The number of hydrogen-bond donors (Lipinski definition) is 0. The normalized spacial score (nSPS) is 18.1. The van der Waals surface area contributed by atoms with Crippen LogP contribution in [-0.2, 0) is 24.3 Å². The van der Waals surface area contributed by atoms with E-state index in [0.717, 1.165) is 9.21 Å². The third kappa shape index (κ3) is 4.05. The number of anilines is 1. The number of piperidine rings is 1. The van der Waals surface area contributed by atoms with Crippen molar-refractivity contribution in [3.05, 3.63) is 65.7 Å². The van der Waals surface area contributed by atoms with E-state index in [-0.39, 0.29) is 22.6 Å². The van der Waals surface area contributed by atoms with Crippen LogP contribution >= 0.6 is 0 Å². The standard InChI is InChI=1S/C24H20N4O5S/c25-14-17(15-26)22-19-10-4-5-11-20(19)27(23(22)29)16-33-24(30)21-12-6-7-13-28(21)34(31,32)18-8-2-1-3-9-18/h1-5,8-11,21H,6-7,12-13,16H2. The molecule has 0 saturated carbocycles. The number of esters is 1. The lowest BCUT2D eigenvalue weighted by Gasteiger charge is -2.33. The molecule has 10 heteroatoms. The largest absolute Gasteiger partial charge is 0.443 e. The highest BCUT2D eigenvalue weighted by Gasteiger charge is 2.40. The van der Waals surface area contributed by atoms with E-state index in [1.807, 2.05) is 0 Å². The third-order valence-corrected chi connectivity index (χ3v) is 7.73. The summed E-state index contributed by atoms with van der Waals surface area (Å²) in [6.45, 7) is -0.291. The number of allylic oxidation sites excluding steroid dienone is 1. The van der Waals surface area contributed by atoms with Crippen molar-refractivity contribution in [1.29, 1.82) is 10.5 Å². The number of para-hydroxylation sites is 1. The third-order valence-electron chi connectivity index (χ3n) is 5.81. The molecule has 4 rings (SSSR count). The molecule has 2 heterocycles. The maximum atomic E-state index is 13.1. The van der Waals surface area contributed by atoms with Gasteiger partial charge in [0, 0.05) is 12.1 Å². The molecule has 2 aromatic rings. The van der Waals surface area contributed by atoms with Crippen LogP contribution in [0.4, 0.5) is 5.69 Å². The minimum atomic E-state index is -3.91. The van der Waals surface area contributed by atoms with E-state index in [4.69, 9.17) is 4.74 Å². The number of rotatable bonds is 5. The Labute approximate surface area is 197 Å². The molecule has 0 N–H and O–H groups in total. The summed E-state index contributed by atoms with van der Waals surface area (Å²) in [7, 11) is -3.91. The number of sulfonamides is 1. The molecule has 2 aliphatic heterocycles. The Balaban J connectivity index is 1.57. The topological polar surface area (TPSA) is 132 Å². The lowest BCUT2D eigenvalue weighted by Crippen LogP contribution is -2.49. The van der Waals surface area contributed by atoms with Crippen LogP contribution in [-0.4, -0.2) is 43.9 Å². The van der Waals surface area contributed by atoms with E-state index >= 15 is 0 Å². The van der Waals surface area contributed by atoms with Gasteiger partial charge in [0.15, 0.2) is 6.73 Å². The number of hydrogen-bond acceptors (Lipinski definition) is 7. The fourth-order valence-electron chi connectivity index (χ4n) is 4.17. The molecule has 9 nitrogen and oxygen atoms in total. The fourth-order valence-corrected chi connectivity index (χ4v) is 5.83. The Morgan fingerprint density at radius 1 is 1.03 bits per heavy atom. The van der Waals surface area contributed by atoms with Gasteiger partial charge in [-0.15, -0.1) is 0 Å².